The molecule has 0 radical (unpaired) electrons. The third-order valence-corrected chi connectivity index (χ3v) is 3.20. The highest BCUT2D eigenvalue weighted by molar-refractivity contribution is 9.10. The zero-order chi connectivity index (χ0) is 14.6. The lowest BCUT2D eigenvalue weighted by molar-refractivity contribution is -0.145. The molecule has 0 aliphatic heterocycles. The Balaban J connectivity index is 2.98. The van der Waals surface area contributed by atoms with E-state index in [1.165, 1.54) is 12.1 Å². The van der Waals surface area contributed by atoms with Crippen LogP contribution in [0.2, 0.25) is 0 Å². The third-order valence-electron chi connectivity index (χ3n) is 2.78. The second-order valence-electron chi connectivity index (χ2n) is 4.12. The number of rotatable bonds is 5. The van der Waals surface area contributed by atoms with Gasteiger partial charge in [-0.05, 0) is 40.9 Å². The quantitative estimate of drug-likeness (QED) is 0.802. The van der Waals surface area contributed by atoms with Crippen LogP contribution in [0.1, 0.15) is 37.2 Å². The first-order valence-electron chi connectivity index (χ1n) is 5.91. The molecule has 0 spiro atoms. The van der Waals surface area contributed by atoms with Crippen LogP contribution in [0, 0.1) is 0 Å². The van der Waals surface area contributed by atoms with Gasteiger partial charge in [0.15, 0.2) is 10.4 Å². The average molecular weight is 342 g/mol. The number of halogens is 4. The van der Waals surface area contributed by atoms with Crippen LogP contribution in [0.25, 0.3) is 0 Å². The van der Waals surface area contributed by atoms with Crippen molar-refractivity contribution < 1.29 is 22.4 Å². The van der Waals surface area contributed by atoms with Crippen molar-refractivity contribution in [2.45, 2.75) is 38.9 Å². The molecule has 1 aromatic heterocycles. The van der Waals surface area contributed by atoms with Gasteiger partial charge in [0, 0.05) is 6.04 Å². The fourth-order valence-electron chi connectivity index (χ4n) is 1.86. The summed E-state index contributed by atoms with van der Waals surface area (Å²) in [5.74, 6) is -0.834. The van der Waals surface area contributed by atoms with Crippen molar-refractivity contribution in [3.05, 3.63) is 22.6 Å². The molecule has 19 heavy (non-hydrogen) atoms. The molecule has 1 heterocycles. The van der Waals surface area contributed by atoms with Crippen LogP contribution in [0.15, 0.2) is 21.2 Å². The SMILES string of the molecule is CCC(CC)N(CC(F)(F)F)C(=O)c1ccc(Br)o1. The summed E-state index contributed by atoms with van der Waals surface area (Å²) in [6.07, 6.45) is -3.51. The minimum Gasteiger partial charge on any atom is -0.444 e. The van der Waals surface area contributed by atoms with Gasteiger partial charge < -0.3 is 9.32 Å². The molecule has 0 bridgehead atoms. The van der Waals surface area contributed by atoms with Gasteiger partial charge in [-0.3, -0.25) is 4.79 Å². The van der Waals surface area contributed by atoms with Crippen LogP contribution in [0.3, 0.4) is 0 Å². The monoisotopic (exact) mass is 341 g/mol. The van der Waals surface area contributed by atoms with Crippen molar-refractivity contribution in [1.29, 1.82) is 0 Å². The van der Waals surface area contributed by atoms with Gasteiger partial charge in [0.1, 0.15) is 6.54 Å². The highest BCUT2D eigenvalue weighted by Gasteiger charge is 2.36. The Hall–Kier alpha value is -0.980. The molecule has 1 rings (SSSR count). The number of carbonyl (C=O) groups is 1. The summed E-state index contributed by atoms with van der Waals surface area (Å²) in [4.78, 5) is 12.9. The highest BCUT2D eigenvalue weighted by Crippen LogP contribution is 2.24. The summed E-state index contributed by atoms with van der Waals surface area (Å²) in [7, 11) is 0. The zero-order valence-electron chi connectivity index (χ0n) is 10.6. The molecule has 0 fully saturated rings. The molecule has 0 atom stereocenters. The van der Waals surface area contributed by atoms with E-state index >= 15 is 0 Å². The van der Waals surface area contributed by atoms with Crippen molar-refractivity contribution in [1.82, 2.24) is 4.90 Å². The summed E-state index contributed by atoms with van der Waals surface area (Å²) in [6, 6.07) is 2.38. The Morgan fingerprint density at radius 1 is 1.37 bits per heavy atom. The number of alkyl halides is 3. The van der Waals surface area contributed by atoms with Crippen LogP contribution in [-0.2, 0) is 0 Å². The Morgan fingerprint density at radius 3 is 2.32 bits per heavy atom. The molecule has 0 saturated carbocycles. The van der Waals surface area contributed by atoms with Crippen molar-refractivity contribution in [2.75, 3.05) is 6.54 Å². The first-order chi connectivity index (χ1) is 8.78. The van der Waals surface area contributed by atoms with Crippen molar-refractivity contribution in [3.63, 3.8) is 0 Å². The maximum atomic E-state index is 12.6. The predicted molar refractivity (Wildman–Crippen MR) is 67.9 cm³/mol. The van der Waals surface area contributed by atoms with Gasteiger partial charge in [-0.25, -0.2) is 0 Å². The molecule has 1 amide bonds. The van der Waals surface area contributed by atoms with E-state index in [0.717, 1.165) is 4.90 Å². The summed E-state index contributed by atoms with van der Waals surface area (Å²) in [5, 5.41) is 0. The second-order valence-corrected chi connectivity index (χ2v) is 4.90. The molecule has 108 valence electrons. The summed E-state index contributed by atoms with van der Waals surface area (Å²) in [5.41, 5.74) is 0. The fourth-order valence-corrected chi connectivity index (χ4v) is 2.17. The second kappa shape index (κ2) is 6.45. The lowest BCUT2D eigenvalue weighted by atomic mass is 10.1. The number of amides is 1. The van der Waals surface area contributed by atoms with Crippen LogP contribution < -0.4 is 0 Å². The molecule has 0 unspecified atom stereocenters. The normalized spacial score (nSPS) is 11.9. The number of nitrogens with zero attached hydrogens (tertiary/aromatic N) is 1. The van der Waals surface area contributed by atoms with E-state index in [1.807, 2.05) is 0 Å². The minimum absolute atomic E-state index is 0.0944. The summed E-state index contributed by atoms with van der Waals surface area (Å²) in [6.45, 7) is 2.24. The van der Waals surface area contributed by atoms with Crippen LogP contribution >= 0.6 is 15.9 Å². The molecule has 7 heteroatoms. The zero-order valence-corrected chi connectivity index (χ0v) is 12.2. The van der Waals surface area contributed by atoms with E-state index in [4.69, 9.17) is 4.42 Å². The number of carbonyl (C=O) groups excluding carboxylic acids is 1. The van der Waals surface area contributed by atoms with Gasteiger partial charge in [-0.1, -0.05) is 13.8 Å². The Bertz CT molecular complexity index is 427. The maximum absolute atomic E-state index is 12.6. The smallest absolute Gasteiger partial charge is 0.406 e. The van der Waals surface area contributed by atoms with E-state index in [-0.39, 0.29) is 5.76 Å². The molecule has 0 aliphatic rings. The lowest BCUT2D eigenvalue weighted by Crippen LogP contribution is -2.45. The molecule has 0 aliphatic carbocycles. The van der Waals surface area contributed by atoms with Gasteiger partial charge in [0.25, 0.3) is 5.91 Å². The van der Waals surface area contributed by atoms with Gasteiger partial charge in [-0.2, -0.15) is 13.2 Å². The van der Waals surface area contributed by atoms with Gasteiger partial charge >= 0.3 is 6.18 Å². The van der Waals surface area contributed by atoms with Crippen LogP contribution in [-0.4, -0.2) is 29.6 Å². The van der Waals surface area contributed by atoms with Gasteiger partial charge in [0.2, 0.25) is 0 Å². The predicted octanol–water partition coefficient (Wildman–Crippen LogP) is 4.24. The Morgan fingerprint density at radius 2 is 1.95 bits per heavy atom. The van der Waals surface area contributed by atoms with Crippen molar-refractivity contribution in [2.24, 2.45) is 0 Å². The molecule has 0 N–H and O–H groups in total. The van der Waals surface area contributed by atoms with E-state index in [0.29, 0.717) is 17.5 Å². The van der Waals surface area contributed by atoms with E-state index in [9.17, 15) is 18.0 Å². The van der Waals surface area contributed by atoms with Crippen LogP contribution in [0.4, 0.5) is 13.2 Å². The van der Waals surface area contributed by atoms with E-state index < -0.39 is 24.7 Å². The summed E-state index contributed by atoms with van der Waals surface area (Å²) < 4.78 is 43.1. The van der Waals surface area contributed by atoms with Crippen molar-refractivity contribution in [3.8, 4) is 0 Å². The Labute approximate surface area is 117 Å². The minimum atomic E-state index is -4.43. The van der Waals surface area contributed by atoms with E-state index in [2.05, 4.69) is 15.9 Å². The summed E-state index contributed by atoms with van der Waals surface area (Å²) >= 11 is 3.02. The molecule has 3 nitrogen and oxygen atoms in total. The first kappa shape index (κ1) is 16.1. The molecule has 0 aromatic carbocycles. The van der Waals surface area contributed by atoms with Crippen molar-refractivity contribution >= 4 is 21.8 Å². The van der Waals surface area contributed by atoms with E-state index in [1.54, 1.807) is 13.8 Å². The average Bonchev–Trinajstić information content (AvgIpc) is 2.73. The number of hydrogen-bond acceptors (Lipinski definition) is 2. The molecular formula is C12H15BrF3NO2. The lowest BCUT2D eigenvalue weighted by Gasteiger charge is -2.30. The van der Waals surface area contributed by atoms with Gasteiger partial charge in [0.05, 0.1) is 0 Å². The molecular weight excluding hydrogens is 327 g/mol. The fraction of sp³-hybridized carbons (Fsp3) is 0.583. The largest absolute Gasteiger partial charge is 0.444 e. The number of hydrogen-bond donors (Lipinski definition) is 0. The molecule has 0 saturated heterocycles. The molecule has 1 aromatic rings. The third kappa shape index (κ3) is 4.56. The standard InChI is InChI=1S/C12H15BrF3NO2/c1-3-8(4-2)17(7-12(14,15)16)11(18)9-5-6-10(13)19-9/h5-6,8H,3-4,7H2,1-2H3. The first-order valence-corrected chi connectivity index (χ1v) is 6.70. The highest BCUT2D eigenvalue weighted by atomic mass is 79.9. The number of furan rings is 1. The topological polar surface area (TPSA) is 33.5 Å². The maximum Gasteiger partial charge on any atom is 0.406 e. The van der Waals surface area contributed by atoms with Gasteiger partial charge in [-0.15, -0.1) is 0 Å². The Kier molecular flexibility index (Phi) is 5.46. The van der Waals surface area contributed by atoms with Crippen LogP contribution in [0.5, 0.6) is 0 Å².